The van der Waals surface area contributed by atoms with Crippen molar-refractivity contribution < 1.29 is 0 Å². The van der Waals surface area contributed by atoms with Crippen molar-refractivity contribution in [2.75, 3.05) is 6.54 Å². The molecule has 1 unspecified atom stereocenters. The zero-order chi connectivity index (χ0) is 13.9. The lowest BCUT2D eigenvalue weighted by Crippen LogP contribution is -2.41. The van der Waals surface area contributed by atoms with Gasteiger partial charge in [0, 0.05) is 6.04 Å². The summed E-state index contributed by atoms with van der Waals surface area (Å²) in [7, 11) is 0. The molecule has 2 fully saturated rings. The molecule has 0 spiro atoms. The highest BCUT2D eigenvalue weighted by Gasteiger charge is 2.34. The second-order valence-electron chi connectivity index (χ2n) is 8.17. The molecule has 19 heavy (non-hydrogen) atoms. The van der Waals surface area contributed by atoms with Crippen LogP contribution in [0.15, 0.2) is 0 Å². The fourth-order valence-corrected chi connectivity index (χ4v) is 4.18. The molecular weight excluding hydrogens is 230 g/mol. The molecule has 0 aromatic carbocycles. The second-order valence-corrected chi connectivity index (χ2v) is 8.17. The Kier molecular flexibility index (Phi) is 5.34. The van der Waals surface area contributed by atoms with Gasteiger partial charge in [0.2, 0.25) is 0 Å². The largest absolute Gasteiger partial charge is 0.314 e. The van der Waals surface area contributed by atoms with E-state index in [2.05, 4.69) is 33.0 Å². The predicted molar refractivity (Wildman–Crippen MR) is 84.3 cm³/mol. The van der Waals surface area contributed by atoms with E-state index in [9.17, 15) is 0 Å². The second kappa shape index (κ2) is 6.61. The lowest BCUT2D eigenvalue weighted by Gasteiger charge is -2.41. The van der Waals surface area contributed by atoms with Crippen LogP contribution in [0.4, 0.5) is 0 Å². The Hall–Kier alpha value is -0.0400. The third-order valence-electron chi connectivity index (χ3n) is 5.84. The standard InChI is InChI=1S/C18H35N/c1-5-19-17(13-14-7-6-8-14)15-9-11-16(12-10-15)18(2,3)4/h14-17,19H,5-13H2,1-4H3. The molecule has 0 aromatic heterocycles. The molecule has 0 amide bonds. The highest BCUT2D eigenvalue weighted by Crippen LogP contribution is 2.42. The normalized spacial score (nSPS) is 30.9. The van der Waals surface area contributed by atoms with Gasteiger partial charge in [-0.15, -0.1) is 0 Å². The molecule has 2 saturated carbocycles. The summed E-state index contributed by atoms with van der Waals surface area (Å²) in [6.45, 7) is 10.7. The van der Waals surface area contributed by atoms with E-state index < -0.39 is 0 Å². The van der Waals surface area contributed by atoms with Gasteiger partial charge < -0.3 is 5.32 Å². The van der Waals surface area contributed by atoms with Crippen LogP contribution in [0.2, 0.25) is 0 Å². The van der Waals surface area contributed by atoms with E-state index in [1.807, 2.05) is 0 Å². The maximum Gasteiger partial charge on any atom is 0.00978 e. The molecule has 0 aromatic rings. The van der Waals surface area contributed by atoms with Crippen molar-refractivity contribution in [3.8, 4) is 0 Å². The van der Waals surface area contributed by atoms with Crippen LogP contribution >= 0.6 is 0 Å². The topological polar surface area (TPSA) is 12.0 Å². The van der Waals surface area contributed by atoms with Crippen LogP contribution in [0.25, 0.3) is 0 Å². The summed E-state index contributed by atoms with van der Waals surface area (Å²) in [4.78, 5) is 0. The van der Waals surface area contributed by atoms with Crippen LogP contribution in [0, 0.1) is 23.2 Å². The molecule has 0 heterocycles. The number of nitrogens with one attached hydrogen (secondary N) is 1. The summed E-state index contributed by atoms with van der Waals surface area (Å²) >= 11 is 0. The van der Waals surface area contributed by atoms with Crippen LogP contribution in [0.5, 0.6) is 0 Å². The van der Waals surface area contributed by atoms with Gasteiger partial charge in [-0.05, 0) is 61.8 Å². The minimum absolute atomic E-state index is 0.520. The van der Waals surface area contributed by atoms with Gasteiger partial charge in [-0.1, -0.05) is 47.0 Å². The van der Waals surface area contributed by atoms with Crippen molar-refractivity contribution in [2.45, 2.75) is 85.1 Å². The Morgan fingerprint density at radius 2 is 1.63 bits per heavy atom. The van der Waals surface area contributed by atoms with E-state index in [0.29, 0.717) is 5.41 Å². The highest BCUT2D eigenvalue weighted by molar-refractivity contribution is 4.87. The van der Waals surface area contributed by atoms with Crippen molar-refractivity contribution in [3.63, 3.8) is 0 Å². The van der Waals surface area contributed by atoms with Gasteiger partial charge in [0.25, 0.3) is 0 Å². The summed E-state index contributed by atoms with van der Waals surface area (Å²) in [5.41, 5.74) is 0.520. The van der Waals surface area contributed by atoms with Crippen LogP contribution in [-0.2, 0) is 0 Å². The van der Waals surface area contributed by atoms with Gasteiger partial charge in [-0.3, -0.25) is 0 Å². The average Bonchev–Trinajstić information content (AvgIpc) is 2.31. The Morgan fingerprint density at radius 1 is 1.00 bits per heavy atom. The minimum Gasteiger partial charge on any atom is -0.314 e. The number of hydrogen-bond donors (Lipinski definition) is 1. The number of hydrogen-bond acceptors (Lipinski definition) is 1. The Bertz CT molecular complexity index is 253. The zero-order valence-corrected chi connectivity index (χ0v) is 13.7. The summed E-state index contributed by atoms with van der Waals surface area (Å²) in [5, 5.41) is 3.81. The molecule has 1 atom stereocenters. The van der Waals surface area contributed by atoms with Gasteiger partial charge in [-0.25, -0.2) is 0 Å². The van der Waals surface area contributed by atoms with Crippen molar-refractivity contribution in [1.29, 1.82) is 0 Å². The van der Waals surface area contributed by atoms with Gasteiger partial charge in [-0.2, -0.15) is 0 Å². The zero-order valence-electron chi connectivity index (χ0n) is 13.7. The van der Waals surface area contributed by atoms with Crippen molar-refractivity contribution in [2.24, 2.45) is 23.2 Å². The summed E-state index contributed by atoms with van der Waals surface area (Å²) in [6.07, 6.45) is 11.8. The molecule has 2 aliphatic carbocycles. The third-order valence-corrected chi connectivity index (χ3v) is 5.84. The first kappa shape index (κ1) is 15.4. The van der Waals surface area contributed by atoms with Gasteiger partial charge >= 0.3 is 0 Å². The third kappa shape index (κ3) is 4.21. The molecule has 2 aliphatic rings. The summed E-state index contributed by atoms with van der Waals surface area (Å²) in [6, 6.07) is 0.816. The highest BCUT2D eigenvalue weighted by atomic mass is 14.9. The number of rotatable bonds is 5. The summed E-state index contributed by atoms with van der Waals surface area (Å²) in [5.74, 6) is 2.96. The van der Waals surface area contributed by atoms with E-state index >= 15 is 0 Å². The van der Waals surface area contributed by atoms with Crippen LogP contribution < -0.4 is 5.32 Å². The van der Waals surface area contributed by atoms with E-state index in [1.54, 1.807) is 0 Å². The first-order valence-electron chi connectivity index (χ1n) is 8.74. The molecule has 0 saturated heterocycles. The molecule has 1 N–H and O–H groups in total. The fourth-order valence-electron chi connectivity index (χ4n) is 4.18. The lowest BCUT2D eigenvalue weighted by atomic mass is 9.67. The van der Waals surface area contributed by atoms with Crippen LogP contribution in [0.1, 0.15) is 79.1 Å². The Balaban J connectivity index is 1.82. The van der Waals surface area contributed by atoms with Crippen LogP contribution in [0.3, 0.4) is 0 Å². The van der Waals surface area contributed by atoms with E-state index in [1.165, 1.54) is 51.4 Å². The van der Waals surface area contributed by atoms with Crippen molar-refractivity contribution in [3.05, 3.63) is 0 Å². The molecule has 2 rings (SSSR count). The monoisotopic (exact) mass is 265 g/mol. The van der Waals surface area contributed by atoms with Gasteiger partial charge in [0.15, 0.2) is 0 Å². The van der Waals surface area contributed by atoms with Crippen molar-refractivity contribution >= 4 is 0 Å². The quantitative estimate of drug-likeness (QED) is 0.737. The first-order chi connectivity index (χ1) is 9.00. The molecule has 1 heteroatoms. The van der Waals surface area contributed by atoms with Gasteiger partial charge in [0.1, 0.15) is 0 Å². The van der Waals surface area contributed by atoms with E-state index in [-0.39, 0.29) is 0 Å². The van der Waals surface area contributed by atoms with E-state index in [4.69, 9.17) is 0 Å². The minimum atomic E-state index is 0.520. The molecule has 1 nitrogen and oxygen atoms in total. The smallest absolute Gasteiger partial charge is 0.00978 e. The maximum absolute atomic E-state index is 3.81. The fraction of sp³-hybridized carbons (Fsp3) is 1.00. The lowest BCUT2D eigenvalue weighted by molar-refractivity contribution is 0.119. The predicted octanol–water partition coefficient (Wildman–Crippen LogP) is 5.01. The molecule has 112 valence electrons. The molecule has 0 aliphatic heterocycles. The molecular formula is C18H35N. The first-order valence-corrected chi connectivity index (χ1v) is 8.74. The average molecular weight is 265 g/mol. The van der Waals surface area contributed by atoms with E-state index in [0.717, 1.165) is 30.3 Å². The Labute approximate surface area is 120 Å². The maximum atomic E-state index is 3.81. The van der Waals surface area contributed by atoms with Gasteiger partial charge in [0.05, 0.1) is 0 Å². The van der Waals surface area contributed by atoms with Crippen molar-refractivity contribution in [1.82, 2.24) is 5.32 Å². The molecule has 0 bridgehead atoms. The van der Waals surface area contributed by atoms with Crippen LogP contribution in [-0.4, -0.2) is 12.6 Å². The SMILES string of the molecule is CCNC(CC1CCC1)C1CCC(C(C)(C)C)CC1. The Morgan fingerprint density at radius 3 is 2.05 bits per heavy atom. The summed E-state index contributed by atoms with van der Waals surface area (Å²) < 4.78 is 0. The molecule has 0 radical (unpaired) electrons.